The lowest BCUT2D eigenvalue weighted by Crippen LogP contribution is -2.56. The number of carbonyl (C=O) groups excluding carboxylic acids is 3. The van der Waals surface area contributed by atoms with Crippen LogP contribution >= 0.6 is 0 Å². The van der Waals surface area contributed by atoms with E-state index in [1.54, 1.807) is 0 Å². The Bertz CT molecular complexity index is 965. The van der Waals surface area contributed by atoms with Gasteiger partial charge in [-0.15, -0.1) is 0 Å². The van der Waals surface area contributed by atoms with Crippen LogP contribution in [0.25, 0.3) is 0 Å². The van der Waals surface area contributed by atoms with Crippen LogP contribution in [0.4, 0.5) is 0 Å². The molecule has 2 aromatic rings. The normalized spacial score (nSPS) is 17.2. The maximum atomic E-state index is 13.4. The molecule has 11 heteroatoms. The highest BCUT2D eigenvalue weighted by Gasteiger charge is 2.38. The van der Waals surface area contributed by atoms with Gasteiger partial charge in [0.25, 0.3) is 0 Å². The van der Waals surface area contributed by atoms with E-state index in [1.807, 2.05) is 30.3 Å². The quantitative estimate of drug-likeness (QED) is 0.311. The standard InChI is InChI=1S/C22H28N6O5/c23-11-19(29)26-16(9-14-5-2-1-3-6-14)21(31)28-8-4-7-18(28)20(30)27-17(22(32)33)10-15-12-24-13-25-15/h1-3,5-6,12-13,16-18H,4,7-11,23H2,(H,24,25)(H,26,29)(H,27,30)(H,32,33). The Hall–Kier alpha value is -3.73. The lowest BCUT2D eigenvalue weighted by molar-refractivity contribution is -0.144. The summed E-state index contributed by atoms with van der Waals surface area (Å²) < 4.78 is 0. The molecule has 1 aromatic carbocycles. The van der Waals surface area contributed by atoms with Gasteiger partial charge in [-0.25, -0.2) is 9.78 Å². The van der Waals surface area contributed by atoms with Crippen LogP contribution in [0, 0.1) is 0 Å². The van der Waals surface area contributed by atoms with E-state index in [9.17, 15) is 24.3 Å². The van der Waals surface area contributed by atoms with Crippen LogP contribution in [0.1, 0.15) is 24.1 Å². The van der Waals surface area contributed by atoms with Crippen LogP contribution in [0.5, 0.6) is 0 Å². The maximum absolute atomic E-state index is 13.4. The van der Waals surface area contributed by atoms with Crippen molar-refractivity contribution in [1.29, 1.82) is 0 Å². The Morgan fingerprint density at radius 3 is 2.55 bits per heavy atom. The summed E-state index contributed by atoms with van der Waals surface area (Å²) in [5, 5.41) is 14.7. The van der Waals surface area contributed by atoms with Crippen LogP contribution in [-0.4, -0.2) is 74.9 Å². The molecular formula is C22H28N6O5. The van der Waals surface area contributed by atoms with Gasteiger partial charge in [-0.05, 0) is 18.4 Å². The lowest BCUT2D eigenvalue weighted by atomic mass is 10.0. The predicted octanol–water partition coefficient (Wildman–Crippen LogP) is -0.801. The second kappa shape index (κ2) is 11.2. The zero-order valence-electron chi connectivity index (χ0n) is 18.1. The van der Waals surface area contributed by atoms with E-state index in [4.69, 9.17) is 5.73 Å². The molecule has 1 aliphatic rings. The molecule has 1 aromatic heterocycles. The fourth-order valence-electron chi connectivity index (χ4n) is 3.89. The van der Waals surface area contributed by atoms with Crippen molar-refractivity contribution in [3.8, 4) is 0 Å². The maximum Gasteiger partial charge on any atom is 0.326 e. The molecular weight excluding hydrogens is 428 g/mol. The minimum absolute atomic E-state index is 0.0327. The van der Waals surface area contributed by atoms with Crippen molar-refractivity contribution in [2.45, 2.75) is 43.8 Å². The van der Waals surface area contributed by atoms with Gasteiger partial charge in [0.1, 0.15) is 18.1 Å². The molecule has 1 saturated heterocycles. The van der Waals surface area contributed by atoms with E-state index in [0.29, 0.717) is 25.1 Å². The minimum Gasteiger partial charge on any atom is -0.480 e. The van der Waals surface area contributed by atoms with E-state index in [2.05, 4.69) is 20.6 Å². The summed E-state index contributed by atoms with van der Waals surface area (Å²) in [7, 11) is 0. The first kappa shape index (κ1) is 23.9. The minimum atomic E-state index is -1.19. The molecule has 0 aliphatic carbocycles. The van der Waals surface area contributed by atoms with Crippen LogP contribution in [0.3, 0.4) is 0 Å². The van der Waals surface area contributed by atoms with Crippen LogP contribution < -0.4 is 16.4 Å². The number of carboxylic acids is 1. The van der Waals surface area contributed by atoms with Crippen molar-refractivity contribution in [3.05, 3.63) is 54.1 Å². The van der Waals surface area contributed by atoms with Gasteiger partial charge in [0, 0.05) is 31.3 Å². The van der Waals surface area contributed by atoms with Gasteiger partial charge in [-0.3, -0.25) is 14.4 Å². The van der Waals surface area contributed by atoms with Crippen LogP contribution in [-0.2, 0) is 32.0 Å². The molecule has 1 fully saturated rings. The largest absolute Gasteiger partial charge is 0.480 e. The topological polar surface area (TPSA) is 171 Å². The second-order valence-electron chi connectivity index (χ2n) is 7.88. The van der Waals surface area contributed by atoms with Gasteiger partial charge in [0.2, 0.25) is 17.7 Å². The van der Waals surface area contributed by atoms with Gasteiger partial charge in [-0.1, -0.05) is 30.3 Å². The number of nitrogens with one attached hydrogen (secondary N) is 3. The highest BCUT2D eigenvalue weighted by Crippen LogP contribution is 2.20. The van der Waals surface area contributed by atoms with Gasteiger partial charge >= 0.3 is 5.97 Å². The van der Waals surface area contributed by atoms with Crippen molar-refractivity contribution in [2.24, 2.45) is 5.73 Å². The summed E-state index contributed by atoms with van der Waals surface area (Å²) >= 11 is 0. The molecule has 11 nitrogen and oxygen atoms in total. The number of likely N-dealkylation sites (tertiary alicyclic amines) is 1. The van der Waals surface area contributed by atoms with Crippen molar-refractivity contribution >= 4 is 23.7 Å². The molecule has 3 unspecified atom stereocenters. The van der Waals surface area contributed by atoms with Crippen LogP contribution in [0.2, 0.25) is 0 Å². The molecule has 2 heterocycles. The van der Waals surface area contributed by atoms with Crippen LogP contribution in [0.15, 0.2) is 42.9 Å². The van der Waals surface area contributed by atoms with Crippen molar-refractivity contribution in [1.82, 2.24) is 25.5 Å². The monoisotopic (exact) mass is 456 g/mol. The Labute approximate surface area is 190 Å². The highest BCUT2D eigenvalue weighted by atomic mass is 16.4. The molecule has 6 N–H and O–H groups in total. The number of H-pyrrole nitrogens is 1. The number of aromatic nitrogens is 2. The first-order chi connectivity index (χ1) is 15.9. The Morgan fingerprint density at radius 2 is 1.91 bits per heavy atom. The first-order valence-electron chi connectivity index (χ1n) is 10.7. The molecule has 3 atom stereocenters. The molecule has 1 aliphatic heterocycles. The van der Waals surface area contributed by atoms with E-state index in [1.165, 1.54) is 17.4 Å². The summed E-state index contributed by atoms with van der Waals surface area (Å²) in [5.74, 6) is -2.61. The number of rotatable bonds is 10. The highest BCUT2D eigenvalue weighted by molar-refractivity contribution is 5.94. The summed E-state index contributed by atoms with van der Waals surface area (Å²) in [6.07, 6.45) is 4.18. The predicted molar refractivity (Wildman–Crippen MR) is 118 cm³/mol. The van der Waals surface area contributed by atoms with Gasteiger partial charge in [0.05, 0.1) is 12.9 Å². The zero-order valence-corrected chi connectivity index (χ0v) is 18.1. The number of benzene rings is 1. The van der Waals surface area contributed by atoms with Crippen molar-refractivity contribution in [3.63, 3.8) is 0 Å². The Balaban J connectivity index is 1.72. The molecule has 0 radical (unpaired) electrons. The molecule has 0 bridgehead atoms. The molecule has 33 heavy (non-hydrogen) atoms. The first-order valence-corrected chi connectivity index (χ1v) is 10.7. The Morgan fingerprint density at radius 1 is 1.15 bits per heavy atom. The average Bonchev–Trinajstić information content (AvgIpc) is 3.50. The van der Waals surface area contributed by atoms with E-state index in [-0.39, 0.29) is 19.4 Å². The number of nitrogens with two attached hydrogens (primary N) is 1. The van der Waals surface area contributed by atoms with E-state index in [0.717, 1.165) is 5.56 Å². The number of carbonyl (C=O) groups is 4. The molecule has 3 rings (SSSR count). The second-order valence-corrected chi connectivity index (χ2v) is 7.88. The number of amides is 3. The summed E-state index contributed by atoms with van der Waals surface area (Å²) in [5.41, 5.74) is 6.83. The number of hydrogen-bond acceptors (Lipinski definition) is 6. The number of carboxylic acid groups (broad SMARTS) is 1. The third-order valence-electron chi connectivity index (χ3n) is 5.53. The molecule has 0 saturated carbocycles. The molecule has 176 valence electrons. The summed E-state index contributed by atoms with van der Waals surface area (Å²) in [4.78, 5) is 58.0. The van der Waals surface area contributed by atoms with E-state index < -0.39 is 41.8 Å². The number of nitrogens with zero attached hydrogens (tertiary/aromatic N) is 2. The average molecular weight is 457 g/mol. The third kappa shape index (κ3) is 6.39. The van der Waals surface area contributed by atoms with Crippen molar-refractivity contribution in [2.75, 3.05) is 13.1 Å². The number of hydrogen-bond donors (Lipinski definition) is 5. The third-order valence-corrected chi connectivity index (χ3v) is 5.53. The van der Waals surface area contributed by atoms with E-state index >= 15 is 0 Å². The van der Waals surface area contributed by atoms with Crippen molar-refractivity contribution < 1.29 is 24.3 Å². The van der Waals surface area contributed by atoms with Gasteiger partial charge in [-0.2, -0.15) is 0 Å². The summed E-state index contributed by atoms with van der Waals surface area (Å²) in [6.45, 7) is 0.0648. The number of aromatic amines is 1. The van der Waals surface area contributed by atoms with Gasteiger partial charge in [0.15, 0.2) is 0 Å². The summed E-state index contributed by atoms with van der Waals surface area (Å²) in [6, 6.07) is 6.31. The van der Waals surface area contributed by atoms with Gasteiger partial charge < -0.3 is 31.4 Å². The SMILES string of the molecule is NCC(=O)NC(Cc1ccccc1)C(=O)N1CCCC1C(=O)NC(Cc1cnc[nH]1)C(=O)O. The smallest absolute Gasteiger partial charge is 0.326 e. The number of imidazole rings is 1. The lowest BCUT2D eigenvalue weighted by Gasteiger charge is -2.29. The fraction of sp³-hybridized carbons (Fsp3) is 0.409. The fourth-order valence-corrected chi connectivity index (χ4v) is 3.89. The number of aliphatic carboxylic acids is 1. The zero-order chi connectivity index (χ0) is 23.8. The molecule has 3 amide bonds. The Kier molecular flexibility index (Phi) is 8.14. The molecule has 0 spiro atoms.